The SMILES string of the molecule is O=C(/C=C/c1ccc(C2N[C@H](Cc3c[nH]c4ccccc34)CO2)cc1)NO. The Bertz CT molecular complexity index is 962. The van der Waals surface area contributed by atoms with Crippen LogP contribution in [0.4, 0.5) is 0 Å². The number of para-hydroxylation sites is 1. The first-order valence-corrected chi connectivity index (χ1v) is 8.87. The molecule has 1 unspecified atom stereocenters. The number of aromatic amines is 1. The van der Waals surface area contributed by atoms with Gasteiger partial charge in [-0.25, -0.2) is 5.48 Å². The van der Waals surface area contributed by atoms with Crippen LogP contribution >= 0.6 is 0 Å². The van der Waals surface area contributed by atoms with Gasteiger partial charge in [0, 0.05) is 29.2 Å². The fraction of sp³-hybridized carbons (Fsp3) is 0.190. The van der Waals surface area contributed by atoms with E-state index in [2.05, 4.69) is 34.7 Å². The Morgan fingerprint density at radius 3 is 2.85 bits per heavy atom. The van der Waals surface area contributed by atoms with Crippen molar-refractivity contribution in [1.82, 2.24) is 15.8 Å². The smallest absolute Gasteiger partial charge is 0.267 e. The van der Waals surface area contributed by atoms with E-state index in [1.165, 1.54) is 17.0 Å². The standard InChI is InChI=1S/C21H21N3O3/c25-20(24-26)10-7-14-5-8-15(9-6-14)21-23-17(13-27-21)11-16-12-22-19-4-2-1-3-18(16)19/h1-10,12,17,21-23,26H,11,13H2,(H,24,25)/b10-7+/t17-,21?/m1/s1. The molecule has 138 valence electrons. The summed E-state index contributed by atoms with van der Waals surface area (Å²) >= 11 is 0. The second-order valence-electron chi connectivity index (χ2n) is 6.62. The number of hydrogen-bond acceptors (Lipinski definition) is 4. The summed E-state index contributed by atoms with van der Waals surface area (Å²) in [6.45, 7) is 0.655. The first kappa shape index (κ1) is 17.5. The number of benzene rings is 2. The number of ether oxygens (including phenoxy) is 1. The average molecular weight is 363 g/mol. The summed E-state index contributed by atoms with van der Waals surface area (Å²) < 4.78 is 5.93. The van der Waals surface area contributed by atoms with E-state index in [4.69, 9.17) is 9.94 Å². The van der Waals surface area contributed by atoms with Gasteiger partial charge in [-0.05, 0) is 35.3 Å². The molecule has 1 saturated heterocycles. The molecule has 1 aliphatic rings. The molecule has 0 radical (unpaired) electrons. The number of carbonyl (C=O) groups is 1. The van der Waals surface area contributed by atoms with E-state index in [1.807, 2.05) is 30.3 Å². The van der Waals surface area contributed by atoms with E-state index in [-0.39, 0.29) is 12.3 Å². The van der Waals surface area contributed by atoms with Crippen LogP contribution in [0.5, 0.6) is 0 Å². The molecule has 4 N–H and O–H groups in total. The van der Waals surface area contributed by atoms with Gasteiger partial charge in [0.1, 0.15) is 6.23 Å². The number of rotatable bonds is 5. The Morgan fingerprint density at radius 2 is 2.04 bits per heavy atom. The molecular formula is C21H21N3O3. The number of aromatic nitrogens is 1. The number of fused-ring (bicyclic) bond motifs is 1. The van der Waals surface area contributed by atoms with Gasteiger partial charge in [-0.1, -0.05) is 42.5 Å². The van der Waals surface area contributed by atoms with Crippen LogP contribution in [0.2, 0.25) is 0 Å². The molecule has 27 heavy (non-hydrogen) atoms. The maximum atomic E-state index is 11.0. The Hall–Kier alpha value is -2.93. The highest BCUT2D eigenvalue weighted by molar-refractivity contribution is 5.90. The number of hydroxylamine groups is 1. The third kappa shape index (κ3) is 3.93. The Kier molecular flexibility index (Phi) is 5.02. The zero-order valence-electron chi connectivity index (χ0n) is 14.7. The van der Waals surface area contributed by atoms with Gasteiger partial charge in [0.2, 0.25) is 0 Å². The van der Waals surface area contributed by atoms with Crippen LogP contribution in [-0.4, -0.2) is 28.7 Å². The van der Waals surface area contributed by atoms with E-state index in [9.17, 15) is 4.79 Å². The summed E-state index contributed by atoms with van der Waals surface area (Å²) in [5.41, 5.74) is 5.92. The lowest BCUT2D eigenvalue weighted by Gasteiger charge is -2.12. The molecule has 1 aliphatic heterocycles. The first-order valence-electron chi connectivity index (χ1n) is 8.87. The van der Waals surface area contributed by atoms with Gasteiger partial charge in [-0.2, -0.15) is 0 Å². The fourth-order valence-electron chi connectivity index (χ4n) is 3.39. The largest absolute Gasteiger partial charge is 0.361 e. The molecule has 2 atom stereocenters. The minimum atomic E-state index is -0.556. The van der Waals surface area contributed by atoms with Crippen molar-refractivity contribution >= 4 is 22.9 Å². The van der Waals surface area contributed by atoms with Crippen molar-refractivity contribution in [3.05, 3.63) is 77.5 Å². The number of carbonyl (C=O) groups excluding carboxylic acids is 1. The highest BCUT2D eigenvalue weighted by atomic mass is 16.5. The van der Waals surface area contributed by atoms with Crippen molar-refractivity contribution in [2.75, 3.05) is 6.61 Å². The lowest BCUT2D eigenvalue weighted by molar-refractivity contribution is -0.124. The number of nitrogens with one attached hydrogen (secondary N) is 3. The lowest BCUT2D eigenvalue weighted by Crippen LogP contribution is -2.27. The van der Waals surface area contributed by atoms with Crippen LogP contribution < -0.4 is 10.8 Å². The number of amides is 1. The molecule has 2 heterocycles. The summed E-state index contributed by atoms with van der Waals surface area (Å²) in [5.74, 6) is -0.556. The van der Waals surface area contributed by atoms with Crippen LogP contribution in [0.1, 0.15) is 22.9 Å². The molecule has 6 heteroatoms. The zero-order chi connectivity index (χ0) is 18.6. The van der Waals surface area contributed by atoms with Crippen molar-refractivity contribution in [2.24, 2.45) is 0 Å². The summed E-state index contributed by atoms with van der Waals surface area (Å²) in [4.78, 5) is 14.3. The molecule has 0 spiro atoms. The molecule has 0 aliphatic carbocycles. The highest BCUT2D eigenvalue weighted by Crippen LogP contribution is 2.25. The molecule has 1 fully saturated rings. The van der Waals surface area contributed by atoms with Gasteiger partial charge in [0.15, 0.2) is 0 Å². The van der Waals surface area contributed by atoms with E-state index in [0.717, 1.165) is 23.1 Å². The monoisotopic (exact) mass is 363 g/mol. The molecule has 0 saturated carbocycles. The van der Waals surface area contributed by atoms with Crippen LogP contribution in [0.25, 0.3) is 17.0 Å². The summed E-state index contributed by atoms with van der Waals surface area (Å²) in [5, 5.41) is 13.3. The maximum Gasteiger partial charge on any atom is 0.267 e. The van der Waals surface area contributed by atoms with Crippen LogP contribution in [0.3, 0.4) is 0 Å². The topological polar surface area (TPSA) is 86.4 Å². The molecule has 1 aromatic heterocycles. The van der Waals surface area contributed by atoms with Crippen molar-refractivity contribution in [3.63, 3.8) is 0 Å². The van der Waals surface area contributed by atoms with Crippen molar-refractivity contribution in [1.29, 1.82) is 0 Å². The predicted octanol–water partition coefficient (Wildman–Crippen LogP) is 2.92. The quantitative estimate of drug-likeness (QED) is 0.319. The molecule has 6 nitrogen and oxygen atoms in total. The van der Waals surface area contributed by atoms with Crippen molar-refractivity contribution in [3.8, 4) is 0 Å². The van der Waals surface area contributed by atoms with Gasteiger partial charge in [-0.3, -0.25) is 15.3 Å². The summed E-state index contributed by atoms with van der Waals surface area (Å²) in [6.07, 6.45) is 5.74. The number of hydrogen-bond donors (Lipinski definition) is 4. The van der Waals surface area contributed by atoms with Crippen molar-refractivity contribution < 1.29 is 14.7 Å². The van der Waals surface area contributed by atoms with E-state index in [0.29, 0.717) is 6.61 Å². The summed E-state index contributed by atoms with van der Waals surface area (Å²) in [7, 11) is 0. The van der Waals surface area contributed by atoms with Gasteiger partial charge in [-0.15, -0.1) is 0 Å². The third-order valence-electron chi connectivity index (χ3n) is 4.77. The zero-order valence-corrected chi connectivity index (χ0v) is 14.7. The maximum absolute atomic E-state index is 11.0. The average Bonchev–Trinajstić information content (AvgIpc) is 3.34. The minimum absolute atomic E-state index is 0.140. The van der Waals surface area contributed by atoms with Gasteiger partial charge in [0.05, 0.1) is 6.61 Å². The second kappa shape index (κ2) is 7.75. The summed E-state index contributed by atoms with van der Waals surface area (Å²) in [6, 6.07) is 16.3. The van der Waals surface area contributed by atoms with E-state index < -0.39 is 5.91 Å². The minimum Gasteiger partial charge on any atom is -0.361 e. The molecule has 4 rings (SSSR count). The predicted molar refractivity (Wildman–Crippen MR) is 103 cm³/mol. The molecule has 0 bridgehead atoms. The third-order valence-corrected chi connectivity index (χ3v) is 4.77. The number of H-pyrrole nitrogens is 1. The van der Waals surface area contributed by atoms with E-state index in [1.54, 1.807) is 11.6 Å². The highest BCUT2D eigenvalue weighted by Gasteiger charge is 2.26. The van der Waals surface area contributed by atoms with Gasteiger partial charge < -0.3 is 9.72 Å². The fourth-order valence-corrected chi connectivity index (χ4v) is 3.39. The second-order valence-corrected chi connectivity index (χ2v) is 6.62. The lowest BCUT2D eigenvalue weighted by atomic mass is 10.1. The Labute approximate surface area is 156 Å². The molecule has 2 aromatic carbocycles. The van der Waals surface area contributed by atoms with Crippen molar-refractivity contribution in [2.45, 2.75) is 18.7 Å². The van der Waals surface area contributed by atoms with Crippen LogP contribution in [0.15, 0.2) is 60.8 Å². The normalized spacial score (nSPS) is 19.7. The van der Waals surface area contributed by atoms with Crippen LogP contribution in [0, 0.1) is 0 Å². The first-order chi connectivity index (χ1) is 13.2. The molecule has 3 aromatic rings. The van der Waals surface area contributed by atoms with Crippen LogP contribution in [-0.2, 0) is 16.0 Å². The molecular weight excluding hydrogens is 342 g/mol. The Morgan fingerprint density at radius 1 is 1.22 bits per heavy atom. The Balaban J connectivity index is 1.39. The molecule has 1 amide bonds. The van der Waals surface area contributed by atoms with Gasteiger partial charge >= 0.3 is 0 Å². The van der Waals surface area contributed by atoms with Gasteiger partial charge in [0.25, 0.3) is 5.91 Å². The van der Waals surface area contributed by atoms with E-state index >= 15 is 0 Å².